The first kappa shape index (κ1) is 20.7. The van der Waals surface area contributed by atoms with Crippen LogP contribution < -0.4 is 10.7 Å². The van der Waals surface area contributed by atoms with Gasteiger partial charge in [-0.25, -0.2) is 0 Å². The molecule has 1 aromatic carbocycles. The van der Waals surface area contributed by atoms with Crippen molar-refractivity contribution in [3.05, 3.63) is 63.6 Å². The Morgan fingerprint density at radius 2 is 2.21 bits per heavy atom. The molecular weight excluding hydrogens is 368 g/mol. The summed E-state index contributed by atoms with van der Waals surface area (Å²) in [7, 11) is 3.70. The third-order valence-corrected chi connectivity index (χ3v) is 4.87. The highest BCUT2D eigenvalue weighted by Gasteiger charge is 2.22. The van der Waals surface area contributed by atoms with Crippen LogP contribution in [0.2, 0.25) is 0 Å². The fourth-order valence-corrected chi connectivity index (χ4v) is 3.15. The van der Waals surface area contributed by atoms with E-state index < -0.39 is 0 Å². The Morgan fingerprint density at radius 1 is 1.38 bits per heavy atom. The summed E-state index contributed by atoms with van der Waals surface area (Å²) in [6, 6.07) is 9.67. The summed E-state index contributed by atoms with van der Waals surface area (Å²) in [6.45, 7) is 3.27. The van der Waals surface area contributed by atoms with Gasteiger partial charge in [0, 0.05) is 69.7 Å². The molecule has 0 saturated carbocycles. The van der Waals surface area contributed by atoms with Gasteiger partial charge in [-0.3, -0.25) is 14.5 Å². The molecule has 8 heteroatoms. The van der Waals surface area contributed by atoms with E-state index in [0.29, 0.717) is 25.2 Å². The lowest BCUT2D eigenvalue weighted by Crippen LogP contribution is -2.45. The van der Waals surface area contributed by atoms with E-state index in [1.165, 1.54) is 0 Å². The molecule has 0 saturated heterocycles. The van der Waals surface area contributed by atoms with Gasteiger partial charge in [0.1, 0.15) is 11.5 Å². The molecule has 0 spiro atoms. The SMILES string of the molecule is CC1NC(c2cccc(Cc3nn(CC=NN(C)C)ccc3=O)c2)=NCC1CO. The smallest absolute Gasteiger partial charge is 0.203 e. The second-order valence-corrected chi connectivity index (χ2v) is 7.44. The molecule has 1 aromatic heterocycles. The van der Waals surface area contributed by atoms with Crippen molar-refractivity contribution < 1.29 is 5.11 Å². The Morgan fingerprint density at radius 3 is 2.93 bits per heavy atom. The van der Waals surface area contributed by atoms with E-state index in [4.69, 9.17) is 0 Å². The van der Waals surface area contributed by atoms with Crippen molar-refractivity contribution in [3.63, 3.8) is 0 Å². The number of nitrogens with one attached hydrogen (secondary N) is 1. The first-order chi connectivity index (χ1) is 14.0. The average Bonchev–Trinajstić information content (AvgIpc) is 2.70. The third-order valence-electron chi connectivity index (χ3n) is 4.87. The molecule has 154 valence electrons. The molecular formula is C21H28N6O2. The van der Waals surface area contributed by atoms with Crippen molar-refractivity contribution in [1.29, 1.82) is 0 Å². The Kier molecular flexibility index (Phi) is 6.77. The van der Waals surface area contributed by atoms with Crippen molar-refractivity contribution >= 4 is 12.1 Å². The maximum absolute atomic E-state index is 12.3. The van der Waals surface area contributed by atoms with Crippen molar-refractivity contribution in [3.8, 4) is 0 Å². The van der Waals surface area contributed by atoms with Crippen LogP contribution in [0.4, 0.5) is 0 Å². The fraction of sp³-hybridized carbons (Fsp3) is 0.429. The molecule has 1 aliphatic rings. The molecule has 1 aliphatic heterocycles. The van der Waals surface area contributed by atoms with E-state index >= 15 is 0 Å². The maximum atomic E-state index is 12.3. The molecule has 2 N–H and O–H groups in total. The Bertz CT molecular complexity index is 950. The third kappa shape index (κ3) is 5.51. The lowest BCUT2D eigenvalue weighted by atomic mass is 9.98. The van der Waals surface area contributed by atoms with Crippen molar-refractivity contribution in [1.82, 2.24) is 20.1 Å². The van der Waals surface area contributed by atoms with Gasteiger partial charge < -0.3 is 15.4 Å². The van der Waals surface area contributed by atoms with Crippen LogP contribution in [0.5, 0.6) is 0 Å². The van der Waals surface area contributed by atoms with Crippen LogP contribution in [-0.4, -0.2) is 65.2 Å². The van der Waals surface area contributed by atoms with E-state index in [-0.39, 0.29) is 24.0 Å². The molecule has 2 unspecified atom stereocenters. The zero-order valence-electron chi connectivity index (χ0n) is 17.1. The van der Waals surface area contributed by atoms with Crippen LogP contribution in [0.1, 0.15) is 23.7 Å². The van der Waals surface area contributed by atoms with Gasteiger partial charge in [0.25, 0.3) is 0 Å². The highest BCUT2D eigenvalue weighted by molar-refractivity contribution is 5.99. The number of nitrogens with zero attached hydrogens (tertiary/aromatic N) is 5. The highest BCUT2D eigenvalue weighted by Crippen LogP contribution is 2.14. The number of aromatic nitrogens is 2. The lowest BCUT2D eigenvalue weighted by molar-refractivity contribution is 0.203. The summed E-state index contributed by atoms with van der Waals surface area (Å²) >= 11 is 0. The molecule has 2 heterocycles. The second-order valence-electron chi connectivity index (χ2n) is 7.44. The molecule has 0 aliphatic carbocycles. The van der Waals surface area contributed by atoms with E-state index in [1.54, 1.807) is 28.2 Å². The highest BCUT2D eigenvalue weighted by atomic mass is 16.3. The summed E-state index contributed by atoms with van der Waals surface area (Å²) in [4.78, 5) is 16.9. The topological polar surface area (TPSA) is 95.1 Å². The zero-order chi connectivity index (χ0) is 20.8. The minimum absolute atomic E-state index is 0.0799. The minimum Gasteiger partial charge on any atom is -0.396 e. The van der Waals surface area contributed by atoms with Crippen molar-refractivity contribution in [2.75, 3.05) is 27.2 Å². The van der Waals surface area contributed by atoms with Gasteiger partial charge in [-0.15, -0.1) is 0 Å². The van der Waals surface area contributed by atoms with Gasteiger partial charge in [-0.05, 0) is 18.6 Å². The van der Waals surface area contributed by atoms with Crippen LogP contribution in [0.25, 0.3) is 0 Å². The molecule has 8 nitrogen and oxygen atoms in total. The Labute approximate surface area is 170 Å². The Balaban J connectivity index is 1.77. The van der Waals surface area contributed by atoms with Gasteiger partial charge in [0.15, 0.2) is 0 Å². The van der Waals surface area contributed by atoms with Crippen LogP contribution in [0.3, 0.4) is 0 Å². The molecule has 0 bridgehead atoms. The van der Waals surface area contributed by atoms with Crippen LogP contribution in [0.15, 0.2) is 51.4 Å². The molecule has 0 fully saturated rings. The van der Waals surface area contributed by atoms with E-state index in [0.717, 1.165) is 17.0 Å². The van der Waals surface area contributed by atoms with Crippen molar-refractivity contribution in [2.24, 2.45) is 16.0 Å². The molecule has 2 aromatic rings. The summed E-state index contributed by atoms with van der Waals surface area (Å²) in [5, 5.41) is 23.1. The van der Waals surface area contributed by atoms with Crippen molar-refractivity contribution in [2.45, 2.75) is 25.9 Å². The Hall–Kier alpha value is -3.00. The molecule has 3 rings (SSSR count). The average molecular weight is 396 g/mol. The summed E-state index contributed by atoms with van der Waals surface area (Å²) in [5.41, 5.74) is 2.38. The van der Waals surface area contributed by atoms with Crippen LogP contribution in [-0.2, 0) is 13.0 Å². The van der Waals surface area contributed by atoms with Gasteiger partial charge in [0.05, 0.1) is 6.54 Å². The van der Waals surface area contributed by atoms with E-state index in [2.05, 4.69) is 27.4 Å². The normalized spacial score (nSPS) is 19.1. The number of rotatable bonds is 7. The predicted molar refractivity (Wildman–Crippen MR) is 115 cm³/mol. The monoisotopic (exact) mass is 396 g/mol. The van der Waals surface area contributed by atoms with E-state index in [9.17, 15) is 9.90 Å². The summed E-state index contributed by atoms with van der Waals surface area (Å²) in [6.07, 6.45) is 3.86. The number of aliphatic hydroxyl groups is 1. The van der Waals surface area contributed by atoms with Gasteiger partial charge >= 0.3 is 0 Å². The molecule has 0 radical (unpaired) electrons. The molecule has 29 heavy (non-hydrogen) atoms. The van der Waals surface area contributed by atoms with E-state index in [1.807, 2.05) is 38.4 Å². The van der Waals surface area contributed by atoms with Gasteiger partial charge in [0.2, 0.25) is 5.43 Å². The van der Waals surface area contributed by atoms with Crippen LogP contribution in [0, 0.1) is 5.92 Å². The zero-order valence-corrected chi connectivity index (χ0v) is 17.1. The second kappa shape index (κ2) is 9.47. The lowest BCUT2D eigenvalue weighted by Gasteiger charge is -2.28. The number of aliphatic imine (C=N–C) groups is 1. The largest absolute Gasteiger partial charge is 0.396 e. The van der Waals surface area contributed by atoms with Gasteiger partial charge in [-0.1, -0.05) is 18.2 Å². The molecule has 2 atom stereocenters. The number of aliphatic hydroxyl groups excluding tert-OH is 1. The van der Waals surface area contributed by atoms with Gasteiger partial charge in [-0.2, -0.15) is 10.2 Å². The standard InChI is InChI=1S/C21H28N6O2/c1-15-18(14-28)13-22-21(24-15)17-6-4-5-16(11-17)12-19-20(29)7-9-27(25-19)10-8-23-26(2)3/h4-9,11,15,18,28H,10,12-14H2,1-3H3,(H,22,24). The number of benzene rings is 1. The first-order valence-electron chi connectivity index (χ1n) is 9.74. The first-order valence-corrected chi connectivity index (χ1v) is 9.74. The number of amidine groups is 1. The molecule has 0 amide bonds. The number of hydrogen-bond donors (Lipinski definition) is 2. The fourth-order valence-electron chi connectivity index (χ4n) is 3.15. The maximum Gasteiger partial charge on any atom is 0.203 e. The van der Waals surface area contributed by atoms with Crippen LogP contribution >= 0.6 is 0 Å². The summed E-state index contributed by atoms with van der Waals surface area (Å²) < 4.78 is 1.71. The number of hydrazone groups is 1. The predicted octanol–water partition coefficient (Wildman–Crippen LogP) is 0.728. The quantitative estimate of drug-likeness (QED) is 0.531. The minimum atomic E-state index is -0.0799. The summed E-state index contributed by atoms with van der Waals surface area (Å²) in [5.74, 6) is 0.951. The number of hydrogen-bond acceptors (Lipinski definition) is 7.